The van der Waals surface area contributed by atoms with E-state index in [9.17, 15) is 8.42 Å². The van der Waals surface area contributed by atoms with Gasteiger partial charge in [0, 0.05) is 12.0 Å². The Morgan fingerprint density at radius 1 is 1.12 bits per heavy atom. The highest BCUT2D eigenvalue weighted by Crippen LogP contribution is 2.39. The van der Waals surface area contributed by atoms with Crippen molar-refractivity contribution in [3.63, 3.8) is 0 Å². The van der Waals surface area contributed by atoms with E-state index in [-0.39, 0.29) is 11.8 Å². The Kier molecular flexibility index (Phi) is 4.40. The van der Waals surface area contributed by atoms with Gasteiger partial charge in [-0.15, -0.1) is 0 Å². The second-order valence-electron chi connectivity index (χ2n) is 6.96. The molecule has 5 heteroatoms. The van der Waals surface area contributed by atoms with Crippen LogP contribution in [0.15, 0.2) is 48.5 Å². The molecule has 0 amide bonds. The lowest BCUT2D eigenvalue weighted by molar-refractivity contribution is 0.0702. The van der Waals surface area contributed by atoms with Crippen molar-refractivity contribution in [1.29, 1.82) is 0 Å². The van der Waals surface area contributed by atoms with Crippen molar-refractivity contribution in [3.05, 3.63) is 65.2 Å². The Balaban J connectivity index is 1.86. The van der Waals surface area contributed by atoms with Gasteiger partial charge in [-0.25, -0.2) is 13.1 Å². The Morgan fingerprint density at radius 3 is 2.54 bits per heavy atom. The lowest BCUT2D eigenvalue weighted by atomic mass is 9.90. The first-order chi connectivity index (χ1) is 11.3. The summed E-state index contributed by atoms with van der Waals surface area (Å²) in [5.74, 6) is 0.733. The number of aryl methyl sites for hydroxylation is 1. The van der Waals surface area contributed by atoms with Crippen molar-refractivity contribution in [2.24, 2.45) is 0 Å². The maximum Gasteiger partial charge on any atom is 0.216 e. The van der Waals surface area contributed by atoms with Crippen LogP contribution in [0.2, 0.25) is 0 Å². The van der Waals surface area contributed by atoms with E-state index in [1.165, 1.54) is 0 Å². The predicted molar refractivity (Wildman–Crippen MR) is 95.4 cm³/mol. The minimum atomic E-state index is -3.46. The summed E-state index contributed by atoms with van der Waals surface area (Å²) in [5, 5.41) is 0. The largest absolute Gasteiger partial charge is 0.487 e. The fourth-order valence-corrected chi connectivity index (χ4v) is 4.60. The van der Waals surface area contributed by atoms with Crippen LogP contribution in [0.5, 0.6) is 5.75 Å². The first-order valence-corrected chi connectivity index (χ1v) is 9.73. The van der Waals surface area contributed by atoms with Crippen LogP contribution in [-0.4, -0.2) is 14.0 Å². The molecule has 0 saturated heterocycles. The lowest BCUT2D eigenvalue weighted by Gasteiger charge is -2.37. The van der Waals surface area contributed by atoms with E-state index >= 15 is 0 Å². The van der Waals surface area contributed by atoms with Gasteiger partial charge in [0.25, 0.3) is 0 Å². The van der Waals surface area contributed by atoms with Crippen LogP contribution in [0, 0.1) is 6.92 Å². The third-order valence-electron chi connectivity index (χ3n) is 4.30. The van der Waals surface area contributed by atoms with Crippen LogP contribution in [-0.2, 0) is 15.8 Å². The number of benzene rings is 2. The monoisotopic (exact) mass is 345 g/mol. The first-order valence-electron chi connectivity index (χ1n) is 8.08. The molecule has 2 aromatic carbocycles. The first kappa shape index (κ1) is 17.0. The van der Waals surface area contributed by atoms with Crippen molar-refractivity contribution < 1.29 is 13.2 Å². The molecular formula is C19H23NO3S. The molecule has 0 aliphatic carbocycles. The average molecular weight is 345 g/mol. The van der Waals surface area contributed by atoms with Crippen molar-refractivity contribution in [2.45, 2.75) is 44.6 Å². The minimum absolute atomic E-state index is 0.0143. The number of hydrogen-bond acceptors (Lipinski definition) is 3. The second-order valence-corrected chi connectivity index (χ2v) is 8.71. The number of rotatable bonds is 4. The van der Waals surface area contributed by atoms with E-state index in [1.807, 2.05) is 69.3 Å². The molecule has 1 aliphatic rings. The van der Waals surface area contributed by atoms with E-state index < -0.39 is 15.6 Å². The molecule has 1 heterocycles. The third kappa shape index (κ3) is 3.79. The number of sulfonamides is 1. The molecule has 0 bridgehead atoms. The predicted octanol–water partition coefficient (Wildman–Crippen LogP) is 3.72. The van der Waals surface area contributed by atoms with Crippen LogP contribution in [0.25, 0.3) is 0 Å². The van der Waals surface area contributed by atoms with E-state index in [0.29, 0.717) is 6.42 Å². The number of hydrogen-bond donors (Lipinski definition) is 1. The Labute approximate surface area is 143 Å². The summed E-state index contributed by atoms with van der Waals surface area (Å²) in [6.45, 7) is 5.88. The normalized spacial score (nSPS) is 19.4. The van der Waals surface area contributed by atoms with Crippen molar-refractivity contribution in [1.82, 2.24) is 4.72 Å². The average Bonchev–Trinajstić information content (AvgIpc) is 2.48. The molecule has 0 saturated carbocycles. The molecule has 1 atom stereocenters. The van der Waals surface area contributed by atoms with Crippen LogP contribution in [0.3, 0.4) is 0 Å². The summed E-state index contributed by atoms with van der Waals surface area (Å²) >= 11 is 0. The third-order valence-corrected chi connectivity index (χ3v) is 5.64. The molecule has 4 nitrogen and oxygen atoms in total. The number of ether oxygens (including phenoxy) is 1. The molecule has 3 rings (SSSR count). The highest BCUT2D eigenvalue weighted by molar-refractivity contribution is 7.88. The van der Waals surface area contributed by atoms with E-state index in [4.69, 9.17) is 4.74 Å². The van der Waals surface area contributed by atoms with Crippen LogP contribution >= 0.6 is 0 Å². The topological polar surface area (TPSA) is 55.4 Å². The molecule has 24 heavy (non-hydrogen) atoms. The quantitative estimate of drug-likeness (QED) is 0.919. The fourth-order valence-electron chi connectivity index (χ4n) is 3.14. The molecule has 0 aromatic heterocycles. The molecule has 0 spiro atoms. The van der Waals surface area contributed by atoms with Crippen molar-refractivity contribution >= 4 is 10.0 Å². The molecule has 0 fully saturated rings. The molecule has 1 aliphatic heterocycles. The Hall–Kier alpha value is -1.85. The molecule has 2 aromatic rings. The van der Waals surface area contributed by atoms with Gasteiger partial charge in [0.15, 0.2) is 0 Å². The summed E-state index contributed by atoms with van der Waals surface area (Å²) in [6.07, 6.45) is 0.594. The van der Waals surface area contributed by atoms with Gasteiger partial charge in [0.2, 0.25) is 10.0 Å². The highest BCUT2D eigenvalue weighted by atomic mass is 32.2. The summed E-state index contributed by atoms with van der Waals surface area (Å²) in [6, 6.07) is 14.9. The summed E-state index contributed by atoms with van der Waals surface area (Å²) in [7, 11) is -3.46. The number of fused-ring (bicyclic) bond motifs is 1. The number of para-hydroxylation sites is 1. The fraction of sp³-hybridized carbons (Fsp3) is 0.368. The number of nitrogens with one attached hydrogen (secondary N) is 1. The van der Waals surface area contributed by atoms with Gasteiger partial charge in [-0.2, -0.15) is 0 Å². The van der Waals surface area contributed by atoms with Crippen LogP contribution in [0.4, 0.5) is 0 Å². The molecule has 1 N–H and O–H groups in total. The van der Waals surface area contributed by atoms with Gasteiger partial charge >= 0.3 is 0 Å². The molecule has 1 unspecified atom stereocenters. The summed E-state index contributed by atoms with van der Waals surface area (Å²) < 4.78 is 34.2. The van der Waals surface area contributed by atoms with Gasteiger partial charge in [0.1, 0.15) is 11.4 Å². The van der Waals surface area contributed by atoms with Crippen molar-refractivity contribution in [2.75, 3.05) is 0 Å². The van der Waals surface area contributed by atoms with E-state index in [1.54, 1.807) is 0 Å². The van der Waals surface area contributed by atoms with Crippen LogP contribution in [0.1, 0.15) is 43.0 Å². The zero-order valence-corrected chi connectivity index (χ0v) is 15.1. The van der Waals surface area contributed by atoms with Gasteiger partial charge in [-0.1, -0.05) is 42.5 Å². The molecule has 128 valence electrons. The molecular weight excluding hydrogens is 322 g/mol. The van der Waals surface area contributed by atoms with E-state index in [0.717, 1.165) is 22.4 Å². The maximum atomic E-state index is 12.7. The summed E-state index contributed by atoms with van der Waals surface area (Å²) in [5.41, 5.74) is 2.29. The van der Waals surface area contributed by atoms with E-state index in [2.05, 4.69) is 4.72 Å². The second kappa shape index (κ2) is 6.22. The minimum Gasteiger partial charge on any atom is -0.487 e. The Morgan fingerprint density at radius 2 is 1.79 bits per heavy atom. The highest BCUT2D eigenvalue weighted by Gasteiger charge is 2.35. The molecule has 0 radical (unpaired) electrons. The van der Waals surface area contributed by atoms with Crippen molar-refractivity contribution in [3.8, 4) is 5.75 Å². The zero-order chi connectivity index (χ0) is 17.4. The zero-order valence-electron chi connectivity index (χ0n) is 14.2. The standard InChI is InChI=1S/C19H23NO3S/c1-14-8-4-5-9-15(14)13-24(21,22)20-17-12-19(2,3)23-18-11-7-6-10-16(17)18/h4-11,17,20H,12-13H2,1-3H3. The van der Waals surface area contributed by atoms with Crippen LogP contribution < -0.4 is 9.46 Å². The van der Waals surface area contributed by atoms with Gasteiger partial charge in [-0.3, -0.25) is 0 Å². The Bertz CT molecular complexity index is 843. The summed E-state index contributed by atoms with van der Waals surface area (Å²) in [4.78, 5) is 0. The van der Waals surface area contributed by atoms with Gasteiger partial charge < -0.3 is 4.74 Å². The maximum absolute atomic E-state index is 12.7. The lowest BCUT2D eigenvalue weighted by Crippen LogP contribution is -2.41. The van der Waals surface area contributed by atoms with Gasteiger partial charge in [0.05, 0.1) is 11.8 Å². The van der Waals surface area contributed by atoms with Gasteiger partial charge in [-0.05, 0) is 38.0 Å². The smallest absolute Gasteiger partial charge is 0.216 e. The SMILES string of the molecule is Cc1ccccc1CS(=O)(=O)NC1CC(C)(C)Oc2ccccc21.